The van der Waals surface area contributed by atoms with Gasteiger partial charge in [0.1, 0.15) is 25.6 Å². The highest BCUT2D eigenvalue weighted by Crippen LogP contribution is 2.37. The average Bonchev–Trinajstić information content (AvgIpc) is 2.63. The first-order chi connectivity index (χ1) is 12.1. The molecular formula is C18H19ClN2O4. The quantitative estimate of drug-likeness (QED) is 0.881. The minimum absolute atomic E-state index is 0.248. The maximum absolute atomic E-state index is 12.3. The highest BCUT2D eigenvalue weighted by atomic mass is 35.5. The van der Waals surface area contributed by atoms with Crippen molar-refractivity contribution in [1.29, 1.82) is 0 Å². The summed E-state index contributed by atoms with van der Waals surface area (Å²) in [5.74, 6) is 1.91. The average molecular weight is 363 g/mol. The molecule has 1 aliphatic heterocycles. The van der Waals surface area contributed by atoms with Crippen LogP contribution in [0.3, 0.4) is 0 Å². The van der Waals surface area contributed by atoms with Gasteiger partial charge in [-0.15, -0.1) is 0 Å². The van der Waals surface area contributed by atoms with Crippen molar-refractivity contribution in [3.63, 3.8) is 0 Å². The number of rotatable bonds is 5. The second-order valence-corrected chi connectivity index (χ2v) is 5.92. The number of benzene rings is 2. The molecule has 0 radical (unpaired) electrons. The molecule has 25 heavy (non-hydrogen) atoms. The Balaban J connectivity index is 1.52. The number of nitrogens with one attached hydrogen (secondary N) is 1. The molecule has 2 aromatic rings. The summed E-state index contributed by atoms with van der Waals surface area (Å²) in [5.41, 5.74) is 0.590. The van der Waals surface area contributed by atoms with Crippen molar-refractivity contribution in [2.45, 2.75) is 0 Å². The second-order valence-electron chi connectivity index (χ2n) is 5.48. The van der Waals surface area contributed by atoms with Crippen LogP contribution in [0.5, 0.6) is 17.2 Å². The molecule has 3 rings (SSSR count). The summed E-state index contributed by atoms with van der Waals surface area (Å²) in [6.07, 6.45) is 0. The molecule has 1 N–H and O–H groups in total. The number of likely N-dealkylation sites (N-methyl/N-ethyl adjacent to an activating group) is 1. The fourth-order valence-corrected chi connectivity index (χ4v) is 2.44. The number of para-hydroxylation sites is 1. The van der Waals surface area contributed by atoms with Crippen molar-refractivity contribution in [2.75, 3.05) is 38.7 Å². The normalized spacial score (nSPS) is 12.4. The third-order valence-corrected chi connectivity index (χ3v) is 3.92. The molecule has 0 fully saturated rings. The maximum Gasteiger partial charge on any atom is 0.321 e. The molecule has 2 aromatic carbocycles. The van der Waals surface area contributed by atoms with E-state index >= 15 is 0 Å². The summed E-state index contributed by atoms with van der Waals surface area (Å²) in [6.45, 7) is 1.77. The van der Waals surface area contributed by atoms with Crippen LogP contribution in [0.25, 0.3) is 0 Å². The van der Waals surface area contributed by atoms with Gasteiger partial charge in [-0.2, -0.15) is 0 Å². The Morgan fingerprint density at radius 3 is 2.76 bits per heavy atom. The van der Waals surface area contributed by atoms with Crippen LogP contribution in [0.15, 0.2) is 42.5 Å². The van der Waals surface area contributed by atoms with Crippen LogP contribution in [-0.2, 0) is 0 Å². The Labute approximate surface area is 151 Å². The Bertz CT molecular complexity index is 736. The standard InChI is InChI=1S/C18H19ClN2O4/c1-21(9-10-23-14-7-5-13(19)6-8-14)18(22)20-15-3-2-4-16-17(15)25-12-11-24-16/h2-8H,9-12H2,1H3,(H,20,22). The van der Waals surface area contributed by atoms with Gasteiger partial charge in [-0.25, -0.2) is 4.79 Å². The lowest BCUT2D eigenvalue weighted by molar-refractivity contribution is 0.172. The third kappa shape index (κ3) is 4.48. The van der Waals surface area contributed by atoms with Crippen molar-refractivity contribution in [2.24, 2.45) is 0 Å². The van der Waals surface area contributed by atoms with Crippen LogP contribution in [0.2, 0.25) is 5.02 Å². The summed E-state index contributed by atoms with van der Waals surface area (Å²) in [4.78, 5) is 13.9. The van der Waals surface area contributed by atoms with Gasteiger partial charge in [-0.1, -0.05) is 17.7 Å². The smallest absolute Gasteiger partial charge is 0.321 e. The van der Waals surface area contributed by atoms with Crippen LogP contribution in [-0.4, -0.2) is 44.3 Å². The molecule has 1 aliphatic rings. The van der Waals surface area contributed by atoms with Gasteiger partial charge in [0, 0.05) is 12.1 Å². The summed E-state index contributed by atoms with van der Waals surface area (Å²) < 4.78 is 16.7. The SMILES string of the molecule is CN(CCOc1ccc(Cl)cc1)C(=O)Nc1cccc2c1OCCO2. The zero-order valence-corrected chi connectivity index (χ0v) is 14.6. The molecule has 0 aliphatic carbocycles. The first-order valence-corrected chi connectivity index (χ1v) is 8.30. The van der Waals surface area contributed by atoms with E-state index < -0.39 is 0 Å². The van der Waals surface area contributed by atoms with Crippen LogP contribution < -0.4 is 19.5 Å². The van der Waals surface area contributed by atoms with E-state index in [9.17, 15) is 4.79 Å². The monoisotopic (exact) mass is 362 g/mol. The van der Waals surface area contributed by atoms with Gasteiger partial charge in [-0.3, -0.25) is 0 Å². The summed E-state index contributed by atoms with van der Waals surface area (Å²) >= 11 is 5.83. The van der Waals surface area contributed by atoms with E-state index in [0.717, 1.165) is 0 Å². The first-order valence-electron chi connectivity index (χ1n) is 7.92. The summed E-state index contributed by atoms with van der Waals surface area (Å²) in [7, 11) is 1.70. The van der Waals surface area contributed by atoms with Gasteiger partial charge >= 0.3 is 6.03 Å². The number of nitrogens with zero attached hydrogens (tertiary/aromatic N) is 1. The van der Waals surface area contributed by atoms with E-state index in [1.165, 1.54) is 0 Å². The highest BCUT2D eigenvalue weighted by Gasteiger charge is 2.18. The van der Waals surface area contributed by atoms with Gasteiger partial charge in [0.05, 0.1) is 12.2 Å². The van der Waals surface area contributed by atoms with Gasteiger partial charge in [-0.05, 0) is 36.4 Å². The van der Waals surface area contributed by atoms with E-state index in [0.29, 0.717) is 54.3 Å². The molecule has 0 atom stereocenters. The number of ether oxygens (including phenoxy) is 3. The van der Waals surface area contributed by atoms with Crippen LogP contribution in [0, 0.1) is 0 Å². The fourth-order valence-electron chi connectivity index (χ4n) is 2.32. The predicted molar refractivity (Wildman–Crippen MR) is 96.0 cm³/mol. The highest BCUT2D eigenvalue weighted by molar-refractivity contribution is 6.30. The minimum atomic E-state index is -0.248. The van der Waals surface area contributed by atoms with Gasteiger partial charge in [0.25, 0.3) is 0 Å². The van der Waals surface area contributed by atoms with Crippen molar-refractivity contribution in [1.82, 2.24) is 4.90 Å². The maximum atomic E-state index is 12.3. The Hall–Kier alpha value is -2.60. The Kier molecular flexibility index (Phi) is 5.50. The second kappa shape index (κ2) is 7.98. The lowest BCUT2D eigenvalue weighted by Gasteiger charge is -2.23. The van der Waals surface area contributed by atoms with E-state index in [1.54, 1.807) is 42.3 Å². The number of hydrogen-bond donors (Lipinski definition) is 1. The summed E-state index contributed by atoms with van der Waals surface area (Å²) in [5, 5.41) is 3.49. The summed E-state index contributed by atoms with van der Waals surface area (Å²) in [6, 6.07) is 12.3. The topological polar surface area (TPSA) is 60.0 Å². The largest absolute Gasteiger partial charge is 0.492 e. The van der Waals surface area contributed by atoms with Crippen molar-refractivity contribution in [3.8, 4) is 17.2 Å². The van der Waals surface area contributed by atoms with Gasteiger partial charge < -0.3 is 24.4 Å². The third-order valence-electron chi connectivity index (χ3n) is 3.66. The molecule has 0 unspecified atom stereocenters. The number of fused-ring (bicyclic) bond motifs is 1. The molecule has 0 saturated carbocycles. The van der Waals surface area contributed by atoms with E-state index in [2.05, 4.69) is 5.32 Å². The molecule has 2 amide bonds. The molecule has 6 nitrogen and oxygen atoms in total. The fraction of sp³-hybridized carbons (Fsp3) is 0.278. The predicted octanol–water partition coefficient (Wildman–Crippen LogP) is 3.65. The number of urea groups is 1. The lowest BCUT2D eigenvalue weighted by Crippen LogP contribution is -2.34. The Morgan fingerprint density at radius 2 is 1.96 bits per heavy atom. The number of hydrogen-bond acceptors (Lipinski definition) is 4. The van der Waals surface area contributed by atoms with E-state index in [4.69, 9.17) is 25.8 Å². The lowest BCUT2D eigenvalue weighted by atomic mass is 10.2. The van der Waals surface area contributed by atoms with Gasteiger partial charge in [0.2, 0.25) is 0 Å². The Morgan fingerprint density at radius 1 is 1.20 bits per heavy atom. The zero-order chi connectivity index (χ0) is 17.6. The van der Waals surface area contributed by atoms with Crippen molar-refractivity contribution < 1.29 is 19.0 Å². The zero-order valence-electron chi connectivity index (χ0n) is 13.8. The number of anilines is 1. The molecule has 0 bridgehead atoms. The van der Waals surface area contributed by atoms with E-state index in [1.807, 2.05) is 12.1 Å². The molecule has 132 valence electrons. The molecule has 0 saturated heterocycles. The van der Waals surface area contributed by atoms with E-state index in [-0.39, 0.29) is 6.03 Å². The number of carbonyl (C=O) groups excluding carboxylic acids is 1. The van der Waals surface area contributed by atoms with Crippen LogP contribution >= 0.6 is 11.6 Å². The molecule has 1 heterocycles. The number of amides is 2. The van der Waals surface area contributed by atoms with Crippen LogP contribution in [0.4, 0.5) is 10.5 Å². The molecule has 0 aromatic heterocycles. The minimum Gasteiger partial charge on any atom is -0.492 e. The number of halogens is 1. The first kappa shape index (κ1) is 17.2. The number of carbonyl (C=O) groups is 1. The molecule has 0 spiro atoms. The van der Waals surface area contributed by atoms with Crippen molar-refractivity contribution in [3.05, 3.63) is 47.5 Å². The van der Waals surface area contributed by atoms with Gasteiger partial charge in [0.15, 0.2) is 11.5 Å². The van der Waals surface area contributed by atoms with Crippen molar-refractivity contribution >= 4 is 23.3 Å². The molecule has 7 heteroatoms. The van der Waals surface area contributed by atoms with Crippen LogP contribution in [0.1, 0.15) is 0 Å². The molecular weight excluding hydrogens is 344 g/mol.